The summed E-state index contributed by atoms with van der Waals surface area (Å²) in [6.07, 6.45) is 0.614. The standard InChI is InChI=1S/C17H20F4N2O4/c1-16(2)7-23(8-17(27-16)3-4-25-9-17)15(24)22-12-5-11(19)13(6-10(12)18)26-14(20)21/h5-6,14H,3-4,7-9H2,1-2H3,(H,22,24). The van der Waals surface area contributed by atoms with E-state index in [4.69, 9.17) is 9.47 Å². The Bertz CT molecular complexity index is 723. The predicted molar refractivity (Wildman–Crippen MR) is 86.9 cm³/mol. The molecule has 1 aromatic rings. The molecule has 0 aliphatic carbocycles. The number of nitrogens with one attached hydrogen (secondary N) is 1. The average Bonchev–Trinajstić information content (AvgIpc) is 2.97. The van der Waals surface area contributed by atoms with Crippen LogP contribution in [0.4, 0.5) is 28.0 Å². The smallest absolute Gasteiger partial charge is 0.387 e. The topological polar surface area (TPSA) is 60.0 Å². The Balaban J connectivity index is 1.75. The first-order valence-corrected chi connectivity index (χ1v) is 8.37. The van der Waals surface area contributed by atoms with Crippen LogP contribution in [-0.4, -0.2) is 55.0 Å². The van der Waals surface area contributed by atoms with Crippen molar-refractivity contribution in [1.82, 2.24) is 4.90 Å². The number of urea groups is 1. The number of anilines is 1. The zero-order valence-electron chi connectivity index (χ0n) is 14.9. The van der Waals surface area contributed by atoms with Crippen molar-refractivity contribution in [2.75, 3.05) is 31.6 Å². The van der Waals surface area contributed by atoms with E-state index in [0.29, 0.717) is 31.8 Å². The Morgan fingerprint density at radius 1 is 1.26 bits per heavy atom. The van der Waals surface area contributed by atoms with Crippen molar-refractivity contribution >= 4 is 11.7 Å². The summed E-state index contributed by atoms with van der Waals surface area (Å²) in [6.45, 7) is 1.67. The first-order chi connectivity index (χ1) is 12.6. The molecule has 2 saturated heterocycles. The third-order valence-corrected chi connectivity index (χ3v) is 4.38. The lowest BCUT2D eigenvalue weighted by Crippen LogP contribution is -2.62. The number of carbonyl (C=O) groups excluding carboxylic acids is 1. The van der Waals surface area contributed by atoms with E-state index in [1.54, 1.807) is 0 Å². The number of alkyl halides is 2. The van der Waals surface area contributed by atoms with Gasteiger partial charge in [-0.3, -0.25) is 0 Å². The van der Waals surface area contributed by atoms with Crippen molar-refractivity contribution in [3.05, 3.63) is 23.8 Å². The molecule has 2 fully saturated rings. The molecule has 2 aliphatic heterocycles. The monoisotopic (exact) mass is 392 g/mol. The van der Waals surface area contributed by atoms with Crippen LogP contribution in [0.2, 0.25) is 0 Å². The van der Waals surface area contributed by atoms with E-state index in [1.165, 1.54) is 4.90 Å². The highest BCUT2D eigenvalue weighted by atomic mass is 19.3. The van der Waals surface area contributed by atoms with Crippen LogP contribution in [0.5, 0.6) is 5.75 Å². The number of hydrogen-bond donors (Lipinski definition) is 1. The molecule has 1 atom stereocenters. The first-order valence-electron chi connectivity index (χ1n) is 8.37. The highest BCUT2D eigenvalue weighted by Gasteiger charge is 2.48. The maximum atomic E-state index is 14.1. The highest BCUT2D eigenvalue weighted by Crippen LogP contribution is 2.35. The molecule has 1 aromatic carbocycles. The highest BCUT2D eigenvalue weighted by molar-refractivity contribution is 5.89. The van der Waals surface area contributed by atoms with E-state index in [9.17, 15) is 22.4 Å². The number of benzene rings is 1. The Hall–Kier alpha value is -2.07. The summed E-state index contributed by atoms with van der Waals surface area (Å²) in [6, 6.07) is 0.413. The van der Waals surface area contributed by atoms with Crippen LogP contribution in [0, 0.1) is 11.6 Å². The molecular weight excluding hydrogens is 372 g/mol. The summed E-state index contributed by atoms with van der Waals surface area (Å²) in [7, 11) is 0. The van der Waals surface area contributed by atoms with Gasteiger partial charge in [0.05, 0.1) is 31.0 Å². The van der Waals surface area contributed by atoms with Gasteiger partial charge in [0.25, 0.3) is 0 Å². The minimum absolute atomic E-state index is 0.233. The third-order valence-electron chi connectivity index (χ3n) is 4.38. The van der Waals surface area contributed by atoms with Crippen LogP contribution in [0.3, 0.4) is 0 Å². The number of ether oxygens (including phenoxy) is 3. The molecule has 27 heavy (non-hydrogen) atoms. The lowest BCUT2D eigenvalue weighted by Gasteiger charge is -2.47. The average molecular weight is 392 g/mol. The molecule has 1 spiro atoms. The number of nitrogens with zero attached hydrogens (tertiary/aromatic N) is 1. The van der Waals surface area contributed by atoms with Gasteiger partial charge in [-0.25, -0.2) is 13.6 Å². The molecule has 10 heteroatoms. The van der Waals surface area contributed by atoms with E-state index >= 15 is 0 Å². The maximum absolute atomic E-state index is 14.1. The van der Waals surface area contributed by atoms with Crippen LogP contribution < -0.4 is 10.1 Å². The Labute approximate surface area is 153 Å². The maximum Gasteiger partial charge on any atom is 0.387 e. The summed E-state index contributed by atoms with van der Waals surface area (Å²) in [5.41, 5.74) is -1.76. The second-order valence-electron chi connectivity index (χ2n) is 7.27. The largest absolute Gasteiger partial charge is 0.432 e. The van der Waals surface area contributed by atoms with Crippen LogP contribution in [0.25, 0.3) is 0 Å². The molecule has 0 bridgehead atoms. The minimum Gasteiger partial charge on any atom is -0.432 e. The van der Waals surface area contributed by atoms with E-state index in [-0.39, 0.29) is 13.1 Å². The Morgan fingerprint density at radius 3 is 2.63 bits per heavy atom. The fourth-order valence-electron chi connectivity index (χ4n) is 3.46. The SMILES string of the molecule is CC1(C)CN(C(=O)Nc2cc(F)c(OC(F)F)cc2F)CC2(CCOC2)O1. The molecule has 150 valence electrons. The van der Waals surface area contributed by atoms with Gasteiger partial charge < -0.3 is 24.4 Å². The molecule has 0 aromatic heterocycles. The van der Waals surface area contributed by atoms with E-state index in [0.717, 1.165) is 0 Å². The molecule has 0 radical (unpaired) electrons. The summed E-state index contributed by atoms with van der Waals surface area (Å²) in [5.74, 6) is -3.24. The van der Waals surface area contributed by atoms with E-state index < -0.39 is 46.9 Å². The van der Waals surface area contributed by atoms with Crippen LogP contribution in [0.1, 0.15) is 20.3 Å². The molecule has 2 amide bonds. The van der Waals surface area contributed by atoms with Gasteiger partial charge in [0, 0.05) is 25.2 Å². The number of rotatable bonds is 3. The summed E-state index contributed by atoms with van der Waals surface area (Å²) in [5, 5.41) is 2.28. The fourth-order valence-corrected chi connectivity index (χ4v) is 3.46. The van der Waals surface area contributed by atoms with Crippen molar-refractivity contribution in [3.8, 4) is 5.75 Å². The van der Waals surface area contributed by atoms with Gasteiger partial charge in [-0.1, -0.05) is 0 Å². The minimum atomic E-state index is -3.29. The van der Waals surface area contributed by atoms with Crippen molar-refractivity contribution in [3.63, 3.8) is 0 Å². The van der Waals surface area contributed by atoms with Crippen molar-refractivity contribution in [2.45, 2.75) is 38.1 Å². The van der Waals surface area contributed by atoms with Crippen LogP contribution >= 0.6 is 0 Å². The second kappa shape index (κ2) is 7.16. The Kier molecular flexibility index (Phi) is 5.22. The summed E-state index contributed by atoms with van der Waals surface area (Å²) < 4.78 is 67.7. The lowest BCUT2D eigenvalue weighted by molar-refractivity contribution is -0.185. The van der Waals surface area contributed by atoms with E-state index in [2.05, 4.69) is 10.1 Å². The number of carbonyl (C=O) groups is 1. The van der Waals surface area contributed by atoms with Gasteiger partial charge in [-0.15, -0.1) is 0 Å². The fraction of sp³-hybridized carbons (Fsp3) is 0.588. The first kappa shape index (κ1) is 19.7. The van der Waals surface area contributed by atoms with Gasteiger partial charge in [0.1, 0.15) is 5.60 Å². The molecule has 1 unspecified atom stereocenters. The van der Waals surface area contributed by atoms with Crippen molar-refractivity contribution < 1.29 is 36.6 Å². The third kappa shape index (κ3) is 4.44. The molecule has 2 aliphatic rings. The van der Waals surface area contributed by atoms with Gasteiger partial charge in [-0.2, -0.15) is 8.78 Å². The number of halogens is 4. The Morgan fingerprint density at radius 2 is 2.00 bits per heavy atom. The lowest BCUT2D eigenvalue weighted by atomic mass is 9.95. The summed E-state index contributed by atoms with van der Waals surface area (Å²) >= 11 is 0. The van der Waals surface area contributed by atoms with Gasteiger partial charge >= 0.3 is 12.6 Å². The van der Waals surface area contributed by atoms with Crippen LogP contribution in [-0.2, 0) is 9.47 Å². The van der Waals surface area contributed by atoms with Crippen molar-refractivity contribution in [1.29, 1.82) is 0 Å². The second-order valence-corrected chi connectivity index (χ2v) is 7.27. The molecule has 2 heterocycles. The van der Waals surface area contributed by atoms with Gasteiger partial charge in [0.15, 0.2) is 17.4 Å². The number of hydrogen-bond acceptors (Lipinski definition) is 4. The normalized spacial score (nSPS) is 24.5. The quantitative estimate of drug-likeness (QED) is 0.802. The van der Waals surface area contributed by atoms with Crippen molar-refractivity contribution in [2.24, 2.45) is 0 Å². The van der Waals surface area contributed by atoms with Gasteiger partial charge in [0.2, 0.25) is 0 Å². The molecular formula is C17H20F4N2O4. The number of morpholine rings is 1. The van der Waals surface area contributed by atoms with E-state index in [1.807, 2.05) is 13.8 Å². The molecule has 0 saturated carbocycles. The van der Waals surface area contributed by atoms with Crippen LogP contribution in [0.15, 0.2) is 12.1 Å². The predicted octanol–water partition coefficient (Wildman–Crippen LogP) is 3.37. The number of amides is 2. The van der Waals surface area contributed by atoms with Gasteiger partial charge in [-0.05, 0) is 13.8 Å². The zero-order chi connectivity index (χ0) is 19.8. The molecule has 6 nitrogen and oxygen atoms in total. The summed E-state index contributed by atoms with van der Waals surface area (Å²) in [4.78, 5) is 14.0. The molecule has 3 rings (SSSR count). The molecule has 1 N–H and O–H groups in total. The zero-order valence-corrected chi connectivity index (χ0v) is 14.9.